The minimum absolute atomic E-state index is 0.0547. The first-order valence-electron chi connectivity index (χ1n) is 3.92. The molecule has 0 saturated heterocycles. The summed E-state index contributed by atoms with van der Waals surface area (Å²) in [6.07, 6.45) is 4.55. The lowest BCUT2D eigenvalue weighted by Crippen LogP contribution is -2.28. The van der Waals surface area contributed by atoms with Gasteiger partial charge in [-0.05, 0) is 6.08 Å². The predicted octanol–water partition coefficient (Wildman–Crippen LogP) is 0.116. The third-order valence-corrected chi connectivity index (χ3v) is 1.25. The molecule has 0 N–H and O–H groups in total. The molecule has 0 atom stereocenters. The van der Waals surface area contributed by atoms with E-state index in [9.17, 15) is 9.59 Å². The molecule has 0 aromatic rings. The van der Waals surface area contributed by atoms with Crippen LogP contribution in [0.3, 0.4) is 0 Å². The second-order valence-electron chi connectivity index (χ2n) is 2.20. The molecule has 0 bridgehead atoms. The van der Waals surface area contributed by atoms with Gasteiger partial charge < -0.3 is 15.0 Å². The molecule has 0 saturated carbocycles. The molecule has 0 amide bonds. The lowest BCUT2D eigenvalue weighted by atomic mass is 10.4. The first kappa shape index (κ1) is 12.8. The van der Waals surface area contributed by atoms with E-state index in [1.54, 1.807) is 6.08 Å². The molecule has 0 aliphatic heterocycles. The van der Waals surface area contributed by atoms with Crippen LogP contribution in [0, 0.1) is 0 Å². The zero-order chi connectivity index (χ0) is 11.7. The van der Waals surface area contributed by atoms with Crippen molar-refractivity contribution in [3.8, 4) is 0 Å². The molecule has 0 aromatic carbocycles. The van der Waals surface area contributed by atoms with Gasteiger partial charge in [-0.25, -0.2) is 9.59 Å². The van der Waals surface area contributed by atoms with Crippen molar-refractivity contribution in [3.63, 3.8) is 0 Å². The largest absolute Gasteiger partial charge is 0.482 e. The van der Waals surface area contributed by atoms with Crippen molar-refractivity contribution in [2.45, 2.75) is 0 Å². The maximum Gasteiger partial charge on any atom is 0.482 e. The summed E-state index contributed by atoms with van der Waals surface area (Å²) in [6.45, 7) is 3.35. The van der Waals surface area contributed by atoms with Crippen molar-refractivity contribution < 1.29 is 23.9 Å². The normalized spacial score (nSPS) is 9.13. The molecule has 0 rings (SSSR count). The Morgan fingerprint density at radius 3 is 2.60 bits per heavy atom. The van der Waals surface area contributed by atoms with Gasteiger partial charge in [0.05, 0.1) is 7.11 Å². The van der Waals surface area contributed by atoms with E-state index >= 15 is 0 Å². The Labute approximate surface area is 86.4 Å². The Bertz CT molecular complexity index is 340. The van der Waals surface area contributed by atoms with Gasteiger partial charge >= 0.3 is 17.7 Å². The van der Waals surface area contributed by atoms with Gasteiger partial charge in [0.1, 0.15) is 6.61 Å². The van der Waals surface area contributed by atoms with E-state index in [1.807, 2.05) is 0 Å². The van der Waals surface area contributed by atoms with Gasteiger partial charge in [0.2, 0.25) is 0 Å². The first-order chi connectivity index (χ1) is 7.17. The summed E-state index contributed by atoms with van der Waals surface area (Å²) in [5.41, 5.74) is 7.55. The van der Waals surface area contributed by atoms with Crippen LogP contribution in [-0.2, 0) is 19.1 Å². The quantitative estimate of drug-likeness (QED) is 0.161. The smallest absolute Gasteiger partial charge is 0.460 e. The third kappa shape index (κ3) is 4.54. The number of rotatable bonds is 5. The lowest BCUT2D eigenvalue weighted by Gasteiger charge is -1.96. The van der Waals surface area contributed by atoms with Crippen molar-refractivity contribution in [1.82, 2.24) is 0 Å². The second kappa shape index (κ2) is 7.23. The molecular weight excluding hydrogens is 200 g/mol. The highest BCUT2D eigenvalue weighted by Crippen LogP contribution is 1.86. The molecule has 6 heteroatoms. The fraction of sp³-hybridized carbons (Fsp3) is 0.222. The lowest BCUT2D eigenvalue weighted by molar-refractivity contribution is -0.147. The summed E-state index contributed by atoms with van der Waals surface area (Å²) >= 11 is 0. The van der Waals surface area contributed by atoms with Crippen molar-refractivity contribution in [3.05, 3.63) is 30.3 Å². The van der Waals surface area contributed by atoms with Crippen LogP contribution in [0.5, 0.6) is 0 Å². The maximum absolute atomic E-state index is 11.1. The molecule has 0 aliphatic rings. The number of carbonyl (C=O) groups excluding carboxylic acids is 2. The number of nitrogens with zero attached hydrogens (tertiary/aromatic N) is 2. The summed E-state index contributed by atoms with van der Waals surface area (Å²) in [5, 5.41) is 0. The van der Waals surface area contributed by atoms with E-state index in [4.69, 9.17) is 5.53 Å². The van der Waals surface area contributed by atoms with Crippen molar-refractivity contribution in [2.75, 3.05) is 13.7 Å². The van der Waals surface area contributed by atoms with E-state index in [0.717, 1.165) is 7.11 Å². The maximum atomic E-state index is 11.1. The molecule has 0 aromatic heterocycles. The van der Waals surface area contributed by atoms with Gasteiger partial charge in [0.25, 0.3) is 0 Å². The highest BCUT2D eigenvalue weighted by Gasteiger charge is 2.32. The highest BCUT2D eigenvalue weighted by atomic mass is 16.5. The number of hydrogen-bond donors (Lipinski definition) is 0. The standard InChI is InChI=1S/C9H10N2O4/c1-3-4-5-6-15-9(13)7(11-10)8(12)14-2/h3-5H,1,6H2,2H3. The summed E-state index contributed by atoms with van der Waals surface area (Å²) in [6, 6.07) is 0. The van der Waals surface area contributed by atoms with Gasteiger partial charge in [-0.1, -0.05) is 18.7 Å². The summed E-state index contributed by atoms with van der Waals surface area (Å²) in [5.74, 6) is -2.12. The van der Waals surface area contributed by atoms with E-state index in [-0.39, 0.29) is 6.61 Å². The van der Waals surface area contributed by atoms with E-state index in [1.165, 1.54) is 12.2 Å². The Hall–Kier alpha value is -2.20. The predicted molar refractivity (Wildman–Crippen MR) is 50.9 cm³/mol. The molecule has 15 heavy (non-hydrogen) atoms. The Kier molecular flexibility index (Phi) is 6.17. The molecule has 80 valence electrons. The minimum atomic E-state index is -1.06. The van der Waals surface area contributed by atoms with Crippen LogP contribution < -0.4 is 0 Å². The van der Waals surface area contributed by atoms with Crippen molar-refractivity contribution in [2.24, 2.45) is 0 Å². The molecule has 0 aliphatic carbocycles. The molecule has 0 fully saturated rings. The van der Waals surface area contributed by atoms with Gasteiger partial charge in [0.15, 0.2) is 0 Å². The minimum Gasteiger partial charge on any atom is -0.460 e. The van der Waals surface area contributed by atoms with Crippen LogP contribution in [-0.4, -0.2) is 36.2 Å². The average Bonchev–Trinajstić information content (AvgIpc) is 2.25. The molecular formula is C9H10N2O4. The zero-order valence-corrected chi connectivity index (χ0v) is 8.17. The fourth-order valence-corrected chi connectivity index (χ4v) is 0.606. The van der Waals surface area contributed by atoms with Gasteiger partial charge in [0, 0.05) is 0 Å². The topological polar surface area (TPSA) is 89.0 Å². The fourth-order valence-electron chi connectivity index (χ4n) is 0.606. The Morgan fingerprint density at radius 2 is 2.13 bits per heavy atom. The van der Waals surface area contributed by atoms with Crippen LogP contribution >= 0.6 is 0 Å². The second-order valence-corrected chi connectivity index (χ2v) is 2.20. The number of ether oxygens (including phenoxy) is 2. The van der Waals surface area contributed by atoms with Gasteiger partial charge in [-0.15, -0.1) is 0 Å². The molecule has 0 spiro atoms. The van der Waals surface area contributed by atoms with Gasteiger partial charge in [-0.2, -0.15) is 4.79 Å². The molecule has 0 radical (unpaired) electrons. The average molecular weight is 210 g/mol. The monoisotopic (exact) mass is 210 g/mol. The first-order valence-corrected chi connectivity index (χ1v) is 3.92. The number of methoxy groups -OCH3 is 1. The summed E-state index contributed by atoms with van der Waals surface area (Å²) in [4.78, 5) is 24.4. The van der Waals surface area contributed by atoms with Crippen molar-refractivity contribution >= 4 is 17.7 Å². The van der Waals surface area contributed by atoms with E-state index < -0.39 is 17.7 Å². The van der Waals surface area contributed by atoms with Crippen LogP contribution in [0.1, 0.15) is 0 Å². The number of carbonyl (C=O) groups is 2. The summed E-state index contributed by atoms with van der Waals surface area (Å²) < 4.78 is 8.74. The Morgan fingerprint density at radius 1 is 1.47 bits per heavy atom. The van der Waals surface area contributed by atoms with Gasteiger partial charge in [-0.3, -0.25) is 0 Å². The third-order valence-electron chi connectivity index (χ3n) is 1.25. The number of esters is 2. The molecule has 6 nitrogen and oxygen atoms in total. The number of hydrogen-bond acceptors (Lipinski definition) is 4. The Balaban J connectivity index is 4.31. The van der Waals surface area contributed by atoms with Crippen molar-refractivity contribution in [1.29, 1.82) is 0 Å². The molecule has 0 unspecified atom stereocenters. The van der Waals surface area contributed by atoms with E-state index in [0.29, 0.717) is 0 Å². The zero-order valence-electron chi connectivity index (χ0n) is 8.17. The van der Waals surface area contributed by atoms with Crippen LogP contribution in [0.15, 0.2) is 24.8 Å². The van der Waals surface area contributed by atoms with Crippen LogP contribution in [0.2, 0.25) is 0 Å². The van der Waals surface area contributed by atoms with Crippen LogP contribution in [0.4, 0.5) is 0 Å². The van der Waals surface area contributed by atoms with Crippen LogP contribution in [0.25, 0.3) is 5.53 Å². The summed E-state index contributed by atoms with van der Waals surface area (Å²) in [7, 11) is 1.05. The highest BCUT2D eigenvalue weighted by molar-refractivity contribution is 6.60. The number of allylic oxidation sites excluding steroid dienone is 2. The molecule has 0 heterocycles. The SMILES string of the molecule is C=CC=CCOC(=O)C(=[N+]=[N-])C(=O)OC. The van der Waals surface area contributed by atoms with E-state index in [2.05, 4.69) is 20.8 Å².